The predicted molar refractivity (Wildman–Crippen MR) is 76.5 cm³/mol. The van der Waals surface area contributed by atoms with E-state index in [9.17, 15) is 4.79 Å². The zero-order chi connectivity index (χ0) is 12.5. The second kappa shape index (κ2) is 9.68. The molecule has 1 rings (SSSR count). The van der Waals surface area contributed by atoms with E-state index < -0.39 is 0 Å². The molecule has 0 heterocycles. The number of esters is 1. The van der Waals surface area contributed by atoms with E-state index in [4.69, 9.17) is 10.5 Å². The molecule has 0 unspecified atom stereocenters. The van der Waals surface area contributed by atoms with Gasteiger partial charge in [0.1, 0.15) is 0 Å². The lowest BCUT2D eigenvalue weighted by atomic mass is 10.1. The largest absolute Gasteiger partial charge is 0.463 e. The molecule has 3 nitrogen and oxygen atoms in total. The molecule has 0 amide bonds. The van der Waals surface area contributed by atoms with Crippen LogP contribution in [0, 0.1) is 0 Å². The molecule has 0 atom stereocenters. The van der Waals surface area contributed by atoms with Gasteiger partial charge in [-0.15, -0.1) is 12.4 Å². The first-order chi connectivity index (χ1) is 8.26. The molecular formula is C14H20ClNO2. The van der Waals surface area contributed by atoms with Crippen LogP contribution in [0.2, 0.25) is 0 Å². The Kier molecular flexibility index (Phi) is 8.97. The lowest BCUT2D eigenvalue weighted by Gasteiger charge is -1.99. The van der Waals surface area contributed by atoms with Crippen molar-refractivity contribution in [2.75, 3.05) is 6.61 Å². The first-order valence-electron chi connectivity index (χ1n) is 5.90. The summed E-state index contributed by atoms with van der Waals surface area (Å²) in [6.07, 6.45) is 5.13. The third-order valence-electron chi connectivity index (χ3n) is 2.37. The van der Waals surface area contributed by atoms with Crippen LogP contribution in [-0.2, 0) is 16.1 Å². The Hall–Kier alpha value is -1.32. The van der Waals surface area contributed by atoms with Gasteiger partial charge in [-0.3, -0.25) is 0 Å². The van der Waals surface area contributed by atoms with E-state index >= 15 is 0 Å². The summed E-state index contributed by atoms with van der Waals surface area (Å²) in [5.41, 5.74) is 7.54. The van der Waals surface area contributed by atoms with Crippen LogP contribution in [0.4, 0.5) is 0 Å². The Morgan fingerprint density at radius 1 is 1.33 bits per heavy atom. The van der Waals surface area contributed by atoms with Crippen molar-refractivity contribution in [1.82, 2.24) is 0 Å². The summed E-state index contributed by atoms with van der Waals surface area (Å²) in [6.45, 7) is 3.08. The maximum atomic E-state index is 11.3. The average molecular weight is 270 g/mol. The first-order valence-corrected chi connectivity index (χ1v) is 5.90. The summed E-state index contributed by atoms with van der Waals surface area (Å²) in [5.74, 6) is -0.290. The second-order valence-corrected chi connectivity index (χ2v) is 3.80. The van der Waals surface area contributed by atoms with Crippen molar-refractivity contribution in [2.45, 2.75) is 26.3 Å². The van der Waals surface area contributed by atoms with E-state index in [1.54, 1.807) is 6.08 Å². The molecule has 2 N–H and O–H groups in total. The van der Waals surface area contributed by atoms with E-state index in [2.05, 4.69) is 6.92 Å². The smallest absolute Gasteiger partial charge is 0.330 e. The number of hydrogen-bond donors (Lipinski definition) is 1. The number of hydrogen-bond acceptors (Lipinski definition) is 3. The second-order valence-electron chi connectivity index (χ2n) is 3.80. The number of benzene rings is 1. The van der Waals surface area contributed by atoms with Crippen LogP contribution in [0.5, 0.6) is 0 Å². The zero-order valence-corrected chi connectivity index (χ0v) is 11.4. The fourth-order valence-electron chi connectivity index (χ4n) is 1.29. The normalized spacial score (nSPS) is 10.1. The van der Waals surface area contributed by atoms with Gasteiger partial charge >= 0.3 is 5.97 Å². The summed E-state index contributed by atoms with van der Waals surface area (Å²) >= 11 is 0. The van der Waals surface area contributed by atoms with Crippen LogP contribution in [0.25, 0.3) is 6.08 Å². The van der Waals surface area contributed by atoms with E-state index in [1.807, 2.05) is 24.3 Å². The third kappa shape index (κ3) is 6.42. The highest BCUT2D eigenvalue weighted by atomic mass is 35.5. The Morgan fingerprint density at radius 3 is 2.56 bits per heavy atom. The molecule has 0 aromatic heterocycles. The van der Waals surface area contributed by atoms with Crippen molar-refractivity contribution < 1.29 is 9.53 Å². The fraction of sp³-hybridized carbons (Fsp3) is 0.357. The molecule has 1 aromatic rings. The SMILES string of the molecule is CCCCOC(=O)/C=C/c1ccc(CN)cc1.Cl. The van der Waals surface area contributed by atoms with Gasteiger partial charge in [0, 0.05) is 12.6 Å². The number of rotatable bonds is 6. The zero-order valence-electron chi connectivity index (χ0n) is 10.6. The minimum atomic E-state index is -0.290. The van der Waals surface area contributed by atoms with Gasteiger partial charge in [-0.2, -0.15) is 0 Å². The van der Waals surface area contributed by atoms with Crippen LogP contribution in [0.15, 0.2) is 30.3 Å². The monoisotopic (exact) mass is 269 g/mol. The highest BCUT2D eigenvalue weighted by molar-refractivity contribution is 5.87. The highest BCUT2D eigenvalue weighted by Gasteiger charge is 1.96. The lowest BCUT2D eigenvalue weighted by molar-refractivity contribution is -0.137. The van der Waals surface area contributed by atoms with Crippen molar-refractivity contribution in [3.63, 3.8) is 0 Å². The molecule has 0 saturated heterocycles. The van der Waals surface area contributed by atoms with Crippen molar-refractivity contribution in [2.24, 2.45) is 5.73 Å². The molecule has 1 aromatic carbocycles. The third-order valence-corrected chi connectivity index (χ3v) is 2.37. The number of carbonyl (C=O) groups is 1. The molecular weight excluding hydrogens is 250 g/mol. The van der Waals surface area contributed by atoms with E-state index in [0.29, 0.717) is 13.2 Å². The Labute approximate surface area is 114 Å². The summed E-state index contributed by atoms with van der Waals surface area (Å²) < 4.78 is 5.00. The van der Waals surface area contributed by atoms with Gasteiger partial charge in [0.2, 0.25) is 0 Å². The van der Waals surface area contributed by atoms with Crippen LogP contribution in [-0.4, -0.2) is 12.6 Å². The van der Waals surface area contributed by atoms with Gasteiger partial charge < -0.3 is 10.5 Å². The summed E-state index contributed by atoms with van der Waals surface area (Å²) in [6, 6.07) is 7.75. The Balaban J connectivity index is 0.00000289. The summed E-state index contributed by atoms with van der Waals surface area (Å²) in [4.78, 5) is 11.3. The number of halogens is 1. The molecule has 4 heteroatoms. The van der Waals surface area contributed by atoms with Gasteiger partial charge in [0.15, 0.2) is 0 Å². The average Bonchev–Trinajstić information content (AvgIpc) is 2.37. The van der Waals surface area contributed by atoms with Crippen LogP contribution < -0.4 is 5.73 Å². The number of nitrogens with two attached hydrogens (primary N) is 1. The molecule has 0 bridgehead atoms. The minimum absolute atomic E-state index is 0. The summed E-state index contributed by atoms with van der Waals surface area (Å²) in [7, 11) is 0. The maximum Gasteiger partial charge on any atom is 0.330 e. The Bertz CT molecular complexity index is 374. The molecule has 0 aliphatic heterocycles. The quantitative estimate of drug-likeness (QED) is 0.491. The van der Waals surface area contributed by atoms with Crippen molar-refractivity contribution in [3.8, 4) is 0 Å². The first kappa shape index (κ1) is 16.7. The molecule has 100 valence electrons. The van der Waals surface area contributed by atoms with Gasteiger partial charge in [0.05, 0.1) is 6.61 Å². The summed E-state index contributed by atoms with van der Waals surface area (Å²) in [5, 5.41) is 0. The molecule has 0 radical (unpaired) electrons. The molecule has 18 heavy (non-hydrogen) atoms. The van der Waals surface area contributed by atoms with E-state index in [1.165, 1.54) is 6.08 Å². The van der Waals surface area contributed by atoms with Crippen LogP contribution in [0.3, 0.4) is 0 Å². The standard InChI is InChI=1S/C14H19NO2.ClH/c1-2-3-10-17-14(16)9-8-12-4-6-13(11-15)7-5-12;/h4-9H,2-3,10-11,15H2,1H3;1H/b9-8+;. The molecule has 0 aliphatic carbocycles. The fourth-order valence-corrected chi connectivity index (χ4v) is 1.29. The number of unbranched alkanes of at least 4 members (excludes halogenated alkanes) is 1. The molecule has 0 spiro atoms. The van der Waals surface area contributed by atoms with E-state index in [-0.39, 0.29) is 18.4 Å². The Morgan fingerprint density at radius 2 is 2.00 bits per heavy atom. The van der Waals surface area contributed by atoms with Gasteiger partial charge in [-0.1, -0.05) is 37.6 Å². The topological polar surface area (TPSA) is 52.3 Å². The van der Waals surface area contributed by atoms with Crippen molar-refractivity contribution in [3.05, 3.63) is 41.5 Å². The van der Waals surface area contributed by atoms with Crippen LogP contribution >= 0.6 is 12.4 Å². The van der Waals surface area contributed by atoms with Crippen molar-refractivity contribution >= 4 is 24.5 Å². The predicted octanol–water partition coefficient (Wildman–Crippen LogP) is 2.92. The molecule has 0 saturated carbocycles. The molecule has 0 fully saturated rings. The lowest BCUT2D eigenvalue weighted by Crippen LogP contribution is -2.01. The van der Waals surface area contributed by atoms with Gasteiger partial charge in [-0.25, -0.2) is 4.79 Å². The van der Waals surface area contributed by atoms with Crippen LogP contribution in [0.1, 0.15) is 30.9 Å². The highest BCUT2D eigenvalue weighted by Crippen LogP contribution is 2.05. The van der Waals surface area contributed by atoms with E-state index in [0.717, 1.165) is 24.0 Å². The van der Waals surface area contributed by atoms with Gasteiger partial charge in [-0.05, 0) is 23.6 Å². The number of ether oxygens (including phenoxy) is 1. The van der Waals surface area contributed by atoms with Gasteiger partial charge in [0.25, 0.3) is 0 Å². The molecule has 0 aliphatic rings. The minimum Gasteiger partial charge on any atom is -0.463 e. The maximum absolute atomic E-state index is 11.3. The van der Waals surface area contributed by atoms with Crippen molar-refractivity contribution in [1.29, 1.82) is 0 Å². The number of carbonyl (C=O) groups excluding carboxylic acids is 1.